The van der Waals surface area contributed by atoms with Crippen LogP contribution < -0.4 is 54.2 Å². The molecule has 10 aromatic rings. The Kier molecular flexibility index (Phi) is 37.2. The first-order valence-electron chi connectivity index (χ1n) is 24.1. The molecule has 78 heavy (non-hydrogen) atoms. The van der Waals surface area contributed by atoms with Crippen LogP contribution in [0.5, 0.6) is 0 Å². The number of nitrogens with zero attached hydrogens (tertiary/aromatic N) is 2. The Bertz CT molecular complexity index is 2900. The predicted octanol–water partition coefficient (Wildman–Crippen LogP) is 8.80. The Balaban J connectivity index is 0.000000901. The van der Waals surface area contributed by atoms with Crippen LogP contribution in [0, 0.1) is 6.92 Å². The molecule has 11 nitrogen and oxygen atoms in total. The van der Waals surface area contributed by atoms with Gasteiger partial charge in [0.05, 0.1) is 6.61 Å². The second kappa shape index (κ2) is 40.6. The summed E-state index contributed by atoms with van der Waals surface area (Å²) in [5, 5.41) is 17.6. The zero-order valence-electron chi connectivity index (χ0n) is 47.6. The molecular formula is C59H70BLiN3NaO8S5. The minimum Gasteiger partial charge on any atom is -1.00 e. The maximum atomic E-state index is 10.4. The van der Waals surface area contributed by atoms with E-state index in [0.29, 0.717) is 6.54 Å². The number of unbranched alkanes of at least 4 members (excludes halogenated alkanes) is 1. The smallest absolute Gasteiger partial charge is 1.00 e. The number of aliphatic hydroxyl groups is 1. The van der Waals surface area contributed by atoms with E-state index < -0.39 is 25.2 Å². The Morgan fingerprint density at radius 3 is 1.14 bits per heavy atom. The van der Waals surface area contributed by atoms with Crippen molar-refractivity contribution >= 4 is 139 Å². The first-order valence-corrected chi connectivity index (χ1v) is 28.3. The summed E-state index contributed by atoms with van der Waals surface area (Å²) in [5.41, 5.74) is 5.52. The van der Waals surface area contributed by atoms with Gasteiger partial charge in [0.15, 0.2) is 0 Å². The number of aliphatic hydroxyl groups excluding tert-OH is 1. The average molecular weight is 1150 g/mol. The maximum absolute atomic E-state index is 10.4. The molecule has 0 saturated carbocycles. The van der Waals surface area contributed by atoms with E-state index in [9.17, 15) is 14.4 Å². The molecule has 0 radical (unpaired) electrons. The van der Waals surface area contributed by atoms with Crippen molar-refractivity contribution in [2.75, 3.05) is 28.2 Å². The Morgan fingerprint density at radius 1 is 0.551 bits per heavy atom. The third-order valence-corrected chi connectivity index (χ3v) is 15.0. The molecule has 0 aliphatic carbocycles. The molecular weight excluding hydrogens is 1080 g/mol. The fraction of sp³-hybridized carbons (Fsp3) is 0.237. The second-order valence-electron chi connectivity index (χ2n) is 16.8. The van der Waals surface area contributed by atoms with Gasteiger partial charge < -0.3 is 47.7 Å². The van der Waals surface area contributed by atoms with Gasteiger partial charge in [-0.25, -0.2) is 0 Å². The van der Waals surface area contributed by atoms with Gasteiger partial charge in [-0.2, -0.15) is 6.42 Å². The van der Waals surface area contributed by atoms with Gasteiger partial charge in [0, 0.05) is 83.4 Å². The van der Waals surface area contributed by atoms with E-state index in [-0.39, 0.29) is 56.5 Å². The molecule has 0 spiro atoms. The molecule has 0 aliphatic rings. The molecule has 10 rings (SSSR count). The van der Waals surface area contributed by atoms with Gasteiger partial charge in [0.1, 0.15) is 6.79 Å². The minimum absolute atomic E-state index is 0. The fourth-order valence-electron chi connectivity index (χ4n) is 6.49. The zero-order valence-corrected chi connectivity index (χ0v) is 52.6. The summed E-state index contributed by atoms with van der Waals surface area (Å²) >= 11 is 8.97. The van der Waals surface area contributed by atoms with Crippen LogP contribution in [0.15, 0.2) is 157 Å². The van der Waals surface area contributed by atoms with Gasteiger partial charge in [-0.05, 0) is 121 Å². The molecule has 5 aromatic carbocycles. The SMILES string of the molecule is C=O.CC(=O)OB(OC(C)=O)OC(C)=O.CN(C)Cc1cc2ccccc2s1.CN(C)Cc1cc2ccccc2s1.NCc1cc2ccccc2s1.OCc1cc2ccccc2s1.[CH2-]CCC.[H-].[Li+].[Na+].c1ccc2sccc2c1. The number of hydrogen-bond acceptors (Lipinski definition) is 16. The Hall–Kier alpha value is -4.52. The largest absolute Gasteiger partial charge is 1.00 e. The van der Waals surface area contributed by atoms with Crippen LogP contribution in [0.4, 0.5) is 0 Å². The quantitative estimate of drug-likeness (QED) is 0.100. The second-order valence-corrected chi connectivity index (χ2v) is 22.4. The topological polar surface area (TPSA) is 149 Å². The number of fused-ring (bicyclic) bond motifs is 5. The van der Waals surface area contributed by atoms with Crippen LogP contribution in [0.2, 0.25) is 0 Å². The number of rotatable bonds is 10. The van der Waals surface area contributed by atoms with Crippen LogP contribution in [0.25, 0.3) is 50.4 Å². The van der Waals surface area contributed by atoms with Gasteiger partial charge in [-0.1, -0.05) is 104 Å². The molecule has 5 heterocycles. The molecule has 19 heteroatoms. The van der Waals surface area contributed by atoms with Crippen molar-refractivity contribution < 1.29 is 88.1 Å². The van der Waals surface area contributed by atoms with Gasteiger partial charge in [0.2, 0.25) is 0 Å². The van der Waals surface area contributed by atoms with E-state index in [2.05, 4.69) is 205 Å². The molecule has 0 amide bonds. The number of thiophene rings is 5. The van der Waals surface area contributed by atoms with Crippen molar-refractivity contribution in [3.05, 3.63) is 183 Å². The standard InChI is InChI=1S/2C11H13NS.C9H9NS.C9H8OS.C8H6S.C6H9BO6.C4H9.CH2O.Li.Na.H/c2*1-12(2)8-10-7-9-5-3-4-6-11(9)13-10;2*10-6-8-5-7-3-1-2-4-9(7)11-8;1-2-4-8-7(3-1)5-6-9-8;1-4(8)11-7(12-5(2)9)13-6(3)10;1-3-4-2;1-2;;;/h2*3-7H,8H2,1-2H3;1-5H,6,10H2;1-5,10H,6H2;1-6H;1-3H3;1,3-4H2,2H3;1H2;;;/q;;;;;;-1;;2*+1;-1. The number of hydrogen-bond donors (Lipinski definition) is 2. The summed E-state index contributed by atoms with van der Waals surface area (Å²) in [7, 11) is 6.82. The predicted molar refractivity (Wildman–Crippen MR) is 327 cm³/mol. The molecule has 404 valence electrons. The van der Waals surface area contributed by atoms with Crippen molar-refractivity contribution in [1.29, 1.82) is 0 Å². The van der Waals surface area contributed by atoms with E-state index in [1.54, 1.807) is 34.0 Å². The van der Waals surface area contributed by atoms with E-state index >= 15 is 0 Å². The number of benzene rings is 5. The minimum atomic E-state index is -1.59. The van der Waals surface area contributed by atoms with Crippen molar-refractivity contribution in [3.8, 4) is 0 Å². The number of nitrogens with two attached hydrogens (primary N) is 1. The first-order chi connectivity index (χ1) is 36.6. The summed E-state index contributed by atoms with van der Waals surface area (Å²) in [4.78, 5) is 48.8. The summed E-state index contributed by atoms with van der Waals surface area (Å²) in [6.45, 7) is 13.9. The van der Waals surface area contributed by atoms with Crippen LogP contribution in [-0.4, -0.2) is 75.1 Å². The normalized spacial score (nSPS) is 9.81. The molecule has 0 fully saturated rings. The van der Waals surface area contributed by atoms with E-state index in [1.165, 1.54) is 71.5 Å². The third kappa shape index (κ3) is 27.6. The van der Waals surface area contributed by atoms with Gasteiger partial charge >= 0.3 is 55.7 Å². The molecule has 0 bridgehead atoms. The van der Waals surface area contributed by atoms with E-state index in [4.69, 9.17) is 15.6 Å². The summed E-state index contributed by atoms with van der Waals surface area (Å²) in [6.07, 6.45) is 2.28. The number of carbonyl (C=O) groups is 4. The van der Waals surface area contributed by atoms with Crippen molar-refractivity contribution in [2.24, 2.45) is 5.73 Å². The summed E-state index contributed by atoms with van der Waals surface area (Å²) in [6, 6.07) is 52.9. The molecule has 5 aromatic heterocycles. The van der Waals surface area contributed by atoms with E-state index in [0.717, 1.165) is 45.2 Å². The molecule has 0 aliphatic heterocycles. The van der Waals surface area contributed by atoms with Crippen LogP contribution in [-0.2, 0) is 59.4 Å². The summed E-state index contributed by atoms with van der Waals surface area (Å²) in [5.74, 6) is -2.15. The Labute approximate surface area is 516 Å². The molecule has 0 saturated heterocycles. The third-order valence-electron chi connectivity index (χ3n) is 9.71. The molecule has 0 unspecified atom stereocenters. The van der Waals surface area contributed by atoms with Gasteiger partial charge in [-0.3, -0.25) is 14.4 Å². The van der Waals surface area contributed by atoms with Crippen LogP contribution in [0.1, 0.15) is 61.5 Å². The average Bonchev–Trinajstić information content (AvgIpc) is 4.26. The number of carbonyl (C=O) groups excluding carboxylic acids is 4. The molecule has 0 atom stereocenters. The monoisotopic (exact) mass is 1150 g/mol. The maximum Gasteiger partial charge on any atom is 1.00 e. The van der Waals surface area contributed by atoms with Crippen molar-refractivity contribution in [2.45, 2.75) is 66.8 Å². The Morgan fingerprint density at radius 2 is 0.846 bits per heavy atom. The van der Waals surface area contributed by atoms with Crippen molar-refractivity contribution in [1.82, 2.24) is 9.80 Å². The molecule has 3 N–H and O–H groups in total. The van der Waals surface area contributed by atoms with Gasteiger partial charge in [0.25, 0.3) is 17.9 Å². The van der Waals surface area contributed by atoms with Gasteiger partial charge in [-0.15, -0.1) is 56.7 Å². The summed E-state index contributed by atoms with van der Waals surface area (Å²) < 4.78 is 19.8. The zero-order chi connectivity index (χ0) is 55.8. The van der Waals surface area contributed by atoms with Crippen LogP contribution in [0.3, 0.4) is 0 Å². The van der Waals surface area contributed by atoms with Crippen molar-refractivity contribution in [3.63, 3.8) is 0 Å². The fourth-order valence-corrected chi connectivity index (χ4v) is 11.5. The first kappa shape index (κ1) is 71.5. The van der Waals surface area contributed by atoms with Crippen LogP contribution >= 0.6 is 56.7 Å². The van der Waals surface area contributed by atoms with E-state index in [1.807, 2.05) is 47.7 Å².